The Bertz CT molecular complexity index is 1080. The van der Waals surface area contributed by atoms with Gasteiger partial charge in [-0.2, -0.15) is 4.99 Å². The number of hydrogen-bond acceptors (Lipinski definition) is 5. The minimum absolute atomic E-state index is 0.0208. The number of nitrogens with zero attached hydrogens (tertiary/aromatic N) is 1. The van der Waals surface area contributed by atoms with E-state index in [4.69, 9.17) is 15.2 Å². The van der Waals surface area contributed by atoms with Crippen LogP contribution in [0.2, 0.25) is 0 Å². The Hall–Kier alpha value is -4.13. The summed E-state index contributed by atoms with van der Waals surface area (Å²) in [4.78, 5) is 28.3. The number of benzene rings is 3. The van der Waals surface area contributed by atoms with Gasteiger partial charge < -0.3 is 20.3 Å². The molecule has 152 valence electrons. The maximum absolute atomic E-state index is 12.6. The van der Waals surface area contributed by atoms with Crippen molar-refractivity contribution in [3.05, 3.63) is 95.1 Å². The Morgan fingerprint density at radius 2 is 1.67 bits per heavy atom. The van der Waals surface area contributed by atoms with E-state index in [1.165, 1.54) is 18.2 Å². The molecule has 3 N–H and O–H groups in total. The number of carbonyl (C=O) groups is 2. The molecule has 0 saturated carbocycles. The molecule has 0 saturated heterocycles. The second kappa shape index (κ2) is 9.38. The second-order valence-corrected chi connectivity index (χ2v) is 6.33. The number of hydrogen-bond donors (Lipinski definition) is 2. The minimum Gasteiger partial charge on any atom is -0.507 e. The molecule has 3 rings (SSSR count). The SMILES string of the molecule is COc1ccc(COC(=O)/N=C(\N)c2ccc(O)c(C(=O)c3ccccc3)c2)cc1. The zero-order valence-electron chi connectivity index (χ0n) is 16.2. The average Bonchev–Trinajstić information content (AvgIpc) is 2.78. The average molecular weight is 404 g/mol. The number of phenols is 1. The van der Waals surface area contributed by atoms with E-state index in [1.807, 2.05) is 0 Å². The molecule has 0 bridgehead atoms. The highest BCUT2D eigenvalue weighted by Crippen LogP contribution is 2.22. The fraction of sp³-hybridized carbons (Fsp3) is 0.0870. The van der Waals surface area contributed by atoms with Crippen LogP contribution >= 0.6 is 0 Å². The van der Waals surface area contributed by atoms with Crippen LogP contribution < -0.4 is 10.5 Å². The van der Waals surface area contributed by atoms with Gasteiger partial charge >= 0.3 is 6.09 Å². The third-order valence-electron chi connectivity index (χ3n) is 4.31. The van der Waals surface area contributed by atoms with Gasteiger partial charge in [-0.1, -0.05) is 42.5 Å². The fourth-order valence-corrected chi connectivity index (χ4v) is 2.68. The van der Waals surface area contributed by atoms with Gasteiger partial charge in [0.1, 0.15) is 23.9 Å². The van der Waals surface area contributed by atoms with Gasteiger partial charge in [-0.15, -0.1) is 0 Å². The van der Waals surface area contributed by atoms with E-state index in [0.29, 0.717) is 16.9 Å². The Kier molecular flexibility index (Phi) is 6.44. The van der Waals surface area contributed by atoms with Crippen LogP contribution in [0.15, 0.2) is 77.8 Å². The molecular formula is C23H20N2O5. The van der Waals surface area contributed by atoms with E-state index in [2.05, 4.69) is 4.99 Å². The second-order valence-electron chi connectivity index (χ2n) is 6.33. The van der Waals surface area contributed by atoms with Gasteiger partial charge in [0.15, 0.2) is 5.78 Å². The Morgan fingerprint density at radius 1 is 0.967 bits per heavy atom. The molecule has 1 amide bonds. The number of ketones is 1. The van der Waals surface area contributed by atoms with E-state index in [-0.39, 0.29) is 29.5 Å². The van der Waals surface area contributed by atoms with E-state index >= 15 is 0 Å². The molecule has 0 atom stereocenters. The van der Waals surface area contributed by atoms with Crippen LogP contribution in [0.5, 0.6) is 11.5 Å². The molecule has 0 spiro atoms. The molecule has 0 aromatic heterocycles. The lowest BCUT2D eigenvalue weighted by atomic mass is 10.00. The molecule has 0 fully saturated rings. The van der Waals surface area contributed by atoms with Crippen molar-refractivity contribution in [3.8, 4) is 11.5 Å². The predicted octanol–water partition coefficient (Wildman–Crippen LogP) is 3.67. The van der Waals surface area contributed by atoms with Crippen LogP contribution in [0.25, 0.3) is 0 Å². The number of methoxy groups -OCH3 is 1. The van der Waals surface area contributed by atoms with E-state index in [9.17, 15) is 14.7 Å². The highest BCUT2D eigenvalue weighted by Gasteiger charge is 2.15. The number of aromatic hydroxyl groups is 1. The zero-order chi connectivity index (χ0) is 21.5. The van der Waals surface area contributed by atoms with Crippen molar-refractivity contribution in [1.82, 2.24) is 0 Å². The van der Waals surface area contributed by atoms with Crippen molar-refractivity contribution in [2.75, 3.05) is 7.11 Å². The summed E-state index contributed by atoms with van der Waals surface area (Å²) in [5.74, 6) is 0.00434. The molecule has 3 aromatic rings. The van der Waals surface area contributed by atoms with Gasteiger partial charge in [0.05, 0.1) is 12.7 Å². The highest BCUT2D eigenvalue weighted by atomic mass is 16.5. The molecule has 3 aromatic carbocycles. The molecule has 0 aliphatic rings. The Morgan fingerprint density at radius 3 is 2.33 bits per heavy atom. The zero-order valence-corrected chi connectivity index (χ0v) is 16.2. The van der Waals surface area contributed by atoms with Crippen molar-refractivity contribution < 1.29 is 24.2 Å². The molecule has 0 radical (unpaired) electrons. The number of phenolic OH excluding ortho intramolecular Hbond substituents is 1. The lowest BCUT2D eigenvalue weighted by molar-refractivity contribution is 0.103. The minimum atomic E-state index is -0.868. The summed E-state index contributed by atoms with van der Waals surface area (Å²) in [6, 6.07) is 19.7. The van der Waals surface area contributed by atoms with Crippen LogP contribution in [-0.2, 0) is 11.3 Å². The molecule has 0 unspecified atom stereocenters. The maximum atomic E-state index is 12.6. The van der Waals surface area contributed by atoms with Crippen molar-refractivity contribution in [2.24, 2.45) is 10.7 Å². The Balaban J connectivity index is 1.72. The lowest BCUT2D eigenvalue weighted by Gasteiger charge is -2.08. The van der Waals surface area contributed by atoms with Crippen molar-refractivity contribution >= 4 is 17.7 Å². The predicted molar refractivity (Wildman–Crippen MR) is 112 cm³/mol. The first-order chi connectivity index (χ1) is 14.5. The van der Waals surface area contributed by atoms with Gasteiger partial charge in [-0.25, -0.2) is 4.79 Å². The smallest absolute Gasteiger partial charge is 0.435 e. The monoisotopic (exact) mass is 404 g/mol. The molecular weight excluding hydrogens is 384 g/mol. The topological polar surface area (TPSA) is 111 Å². The molecule has 7 nitrogen and oxygen atoms in total. The quantitative estimate of drug-likeness (QED) is 0.368. The maximum Gasteiger partial charge on any atom is 0.435 e. The summed E-state index contributed by atoms with van der Waals surface area (Å²) in [6.45, 7) is 0.0208. The van der Waals surface area contributed by atoms with Crippen molar-refractivity contribution in [2.45, 2.75) is 6.61 Å². The van der Waals surface area contributed by atoms with E-state index < -0.39 is 6.09 Å². The first-order valence-electron chi connectivity index (χ1n) is 9.05. The molecule has 7 heteroatoms. The summed E-state index contributed by atoms with van der Waals surface area (Å²) in [5, 5.41) is 10.1. The molecule has 0 aliphatic heterocycles. The number of carbonyl (C=O) groups excluding carboxylic acids is 2. The highest BCUT2D eigenvalue weighted by molar-refractivity contribution is 6.12. The summed E-state index contributed by atoms with van der Waals surface area (Å²) in [6.07, 6.45) is -0.868. The summed E-state index contributed by atoms with van der Waals surface area (Å²) >= 11 is 0. The summed E-state index contributed by atoms with van der Waals surface area (Å²) in [5.41, 5.74) is 7.45. The number of amidine groups is 1. The van der Waals surface area contributed by atoms with Gasteiger partial charge in [0, 0.05) is 11.1 Å². The van der Waals surface area contributed by atoms with Crippen LogP contribution in [0.1, 0.15) is 27.0 Å². The first kappa shape index (κ1) is 20.6. The van der Waals surface area contributed by atoms with Gasteiger partial charge in [-0.3, -0.25) is 4.79 Å². The van der Waals surface area contributed by atoms with Gasteiger partial charge in [0.25, 0.3) is 0 Å². The van der Waals surface area contributed by atoms with Crippen LogP contribution in [0.3, 0.4) is 0 Å². The van der Waals surface area contributed by atoms with Crippen LogP contribution in [0.4, 0.5) is 4.79 Å². The number of nitrogens with two attached hydrogens (primary N) is 1. The van der Waals surface area contributed by atoms with Gasteiger partial charge in [-0.05, 0) is 35.9 Å². The van der Waals surface area contributed by atoms with Crippen molar-refractivity contribution in [3.63, 3.8) is 0 Å². The molecule has 0 aliphatic carbocycles. The molecule has 0 heterocycles. The number of rotatable bonds is 6. The number of ether oxygens (including phenoxy) is 2. The largest absolute Gasteiger partial charge is 0.507 e. The lowest BCUT2D eigenvalue weighted by Crippen LogP contribution is -2.17. The fourth-order valence-electron chi connectivity index (χ4n) is 2.68. The van der Waals surface area contributed by atoms with Crippen molar-refractivity contribution in [1.29, 1.82) is 0 Å². The summed E-state index contributed by atoms with van der Waals surface area (Å²) < 4.78 is 10.2. The normalized spacial score (nSPS) is 11.0. The third kappa shape index (κ3) is 5.02. The number of amides is 1. The number of aliphatic imine (C=N–C) groups is 1. The van der Waals surface area contributed by atoms with Crippen LogP contribution in [0, 0.1) is 0 Å². The first-order valence-corrected chi connectivity index (χ1v) is 9.05. The van der Waals surface area contributed by atoms with E-state index in [0.717, 1.165) is 5.56 Å². The van der Waals surface area contributed by atoms with Crippen LogP contribution in [-0.4, -0.2) is 29.9 Å². The molecule has 30 heavy (non-hydrogen) atoms. The Labute approximate surface area is 173 Å². The summed E-state index contributed by atoms with van der Waals surface area (Å²) in [7, 11) is 1.56. The third-order valence-corrected chi connectivity index (χ3v) is 4.31. The standard InChI is InChI=1S/C23H20N2O5/c1-29-18-10-7-15(8-11-18)14-30-23(28)25-22(24)17-9-12-20(26)19(13-17)21(27)16-5-3-2-4-6-16/h2-13,26H,14H2,1H3,(H2,24,25,28). The van der Waals surface area contributed by atoms with E-state index in [1.54, 1.807) is 61.7 Å². The van der Waals surface area contributed by atoms with Gasteiger partial charge in [0.2, 0.25) is 0 Å².